The second-order valence-electron chi connectivity index (χ2n) is 8.13. The van der Waals surface area contributed by atoms with Crippen LogP contribution in [0.1, 0.15) is 48.9 Å². The van der Waals surface area contributed by atoms with Gasteiger partial charge in [0.05, 0.1) is 20.3 Å². The summed E-state index contributed by atoms with van der Waals surface area (Å²) in [7, 11) is -2.31. The summed E-state index contributed by atoms with van der Waals surface area (Å²) in [6.45, 7) is 2.10. The van der Waals surface area contributed by atoms with Gasteiger partial charge in [-0.2, -0.15) is 4.31 Å². The molecule has 7 nitrogen and oxygen atoms in total. The molecule has 0 bridgehead atoms. The van der Waals surface area contributed by atoms with E-state index in [0.717, 1.165) is 25.8 Å². The molecule has 4 rings (SSSR count). The van der Waals surface area contributed by atoms with Crippen molar-refractivity contribution in [3.8, 4) is 5.75 Å². The molecule has 2 aliphatic heterocycles. The molecule has 1 aliphatic carbocycles. The molecular formula is C21H30N2O5S. The van der Waals surface area contributed by atoms with Gasteiger partial charge in [-0.1, -0.05) is 12.8 Å². The molecule has 2 saturated heterocycles. The van der Waals surface area contributed by atoms with Crippen LogP contribution in [0.2, 0.25) is 0 Å². The minimum atomic E-state index is -3.76. The van der Waals surface area contributed by atoms with Gasteiger partial charge in [0.2, 0.25) is 10.0 Å². The van der Waals surface area contributed by atoms with E-state index in [9.17, 15) is 13.2 Å². The predicted octanol–water partition coefficient (Wildman–Crippen LogP) is 2.51. The summed E-state index contributed by atoms with van der Waals surface area (Å²) in [5.74, 6) is 0.779. The Balaban J connectivity index is 1.64. The molecule has 8 heteroatoms. The monoisotopic (exact) mass is 422 g/mol. The number of rotatable bonds is 4. The maximum absolute atomic E-state index is 13.4. The van der Waals surface area contributed by atoms with Crippen LogP contribution in [0.15, 0.2) is 23.1 Å². The van der Waals surface area contributed by atoms with E-state index in [1.165, 1.54) is 36.7 Å². The van der Waals surface area contributed by atoms with Crippen molar-refractivity contribution in [1.29, 1.82) is 0 Å². The number of sulfonamides is 1. The lowest BCUT2D eigenvalue weighted by atomic mass is 9.78. The number of carbonyl (C=O) groups excluding carboxylic acids is 1. The number of carbonyl (C=O) groups is 1. The number of nitrogens with zero attached hydrogens (tertiary/aromatic N) is 2. The number of piperidine rings is 1. The third-order valence-electron chi connectivity index (χ3n) is 6.50. The molecule has 3 aliphatic rings. The Morgan fingerprint density at radius 2 is 1.79 bits per heavy atom. The maximum atomic E-state index is 13.4. The lowest BCUT2D eigenvalue weighted by Crippen LogP contribution is -2.49. The van der Waals surface area contributed by atoms with Crippen molar-refractivity contribution in [2.75, 3.05) is 40.0 Å². The maximum Gasteiger partial charge on any atom is 0.254 e. The quantitative estimate of drug-likeness (QED) is 0.745. The fourth-order valence-electron chi connectivity index (χ4n) is 4.98. The molecule has 1 saturated carbocycles. The van der Waals surface area contributed by atoms with Crippen LogP contribution in [0, 0.1) is 5.92 Å². The van der Waals surface area contributed by atoms with Gasteiger partial charge in [-0.05, 0) is 49.8 Å². The first-order valence-electron chi connectivity index (χ1n) is 10.6. The molecular weight excluding hydrogens is 392 g/mol. The molecule has 3 fully saturated rings. The van der Waals surface area contributed by atoms with Gasteiger partial charge in [-0.15, -0.1) is 0 Å². The van der Waals surface area contributed by atoms with Crippen molar-refractivity contribution >= 4 is 15.9 Å². The van der Waals surface area contributed by atoms with Crippen LogP contribution in [-0.2, 0) is 14.8 Å². The molecule has 0 radical (unpaired) electrons. The number of amides is 1. The fraction of sp³-hybridized carbons (Fsp3) is 0.667. The van der Waals surface area contributed by atoms with Crippen LogP contribution in [-0.4, -0.2) is 69.5 Å². The molecule has 160 valence electrons. The number of benzene rings is 1. The molecule has 2 heterocycles. The average Bonchev–Trinajstić information content (AvgIpc) is 2.78. The molecule has 0 N–H and O–H groups in total. The second-order valence-corrected chi connectivity index (χ2v) is 10.0. The summed E-state index contributed by atoms with van der Waals surface area (Å²) in [5, 5.41) is 0. The van der Waals surface area contributed by atoms with Gasteiger partial charge in [-0.25, -0.2) is 8.42 Å². The summed E-state index contributed by atoms with van der Waals surface area (Å²) in [6.07, 6.45) is 6.84. The van der Waals surface area contributed by atoms with Crippen LogP contribution in [0.3, 0.4) is 0 Å². The van der Waals surface area contributed by atoms with Gasteiger partial charge < -0.3 is 14.4 Å². The highest BCUT2D eigenvalue weighted by atomic mass is 32.2. The van der Waals surface area contributed by atoms with Crippen molar-refractivity contribution in [2.24, 2.45) is 5.92 Å². The van der Waals surface area contributed by atoms with Gasteiger partial charge in [0.1, 0.15) is 10.6 Å². The minimum Gasteiger partial charge on any atom is -0.495 e. The Morgan fingerprint density at radius 3 is 2.55 bits per heavy atom. The highest BCUT2D eigenvalue weighted by Gasteiger charge is 2.37. The third-order valence-corrected chi connectivity index (χ3v) is 8.42. The minimum absolute atomic E-state index is 0.0601. The number of morpholine rings is 1. The van der Waals surface area contributed by atoms with Crippen molar-refractivity contribution in [1.82, 2.24) is 9.21 Å². The van der Waals surface area contributed by atoms with E-state index < -0.39 is 10.0 Å². The van der Waals surface area contributed by atoms with E-state index in [2.05, 4.69) is 0 Å². The van der Waals surface area contributed by atoms with Crippen LogP contribution in [0.4, 0.5) is 0 Å². The Kier molecular flexibility index (Phi) is 6.13. The first-order chi connectivity index (χ1) is 14.0. The van der Waals surface area contributed by atoms with E-state index in [1.807, 2.05) is 4.90 Å². The summed E-state index contributed by atoms with van der Waals surface area (Å²) < 4.78 is 38.4. The number of hydrogen-bond acceptors (Lipinski definition) is 5. The Hall–Kier alpha value is -1.64. The Morgan fingerprint density at radius 1 is 1.07 bits per heavy atom. The fourth-order valence-corrected chi connectivity index (χ4v) is 6.57. The van der Waals surface area contributed by atoms with Gasteiger partial charge in [0.15, 0.2) is 0 Å². The second kappa shape index (κ2) is 8.62. The van der Waals surface area contributed by atoms with Gasteiger partial charge in [0.25, 0.3) is 5.91 Å². The largest absolute Gasteiger partial charge is 0.495 e. The van der Waals surface area contributed by atoms with Crippen molar-refractivity contribution in [3.63, 3.8) is 0 Å². The molecule has 2 unspecified atom stereocenters. The van der Waals surface area contributed by atoms with Crippen molar-refractivity contribution in [2.45, 2.75) is 49.5 Å². The van der Waals surface area contributed by atoms with E-state index in [4.69, 9.17) is 9.47 Å². The van der Waals surface area contributed by atoms with Crippen LogP contribution >= 0.6 is 0 Å². The summed E-state index contributed by atoms with van der Waals surface area (Å²) in [5.41, 5.74) is 0.420. The lowest BCUT2D eigenvalue weighted by Gasteiger charge is -2.44. The molecule has 1 aromatic rings. The number of hydrogen-bond donors (Lipinski definition) is 0. The lowest BCUT2D eigenvalue weighted by molar-refractivity contribution is 0.0390. The smallest absolute Gasteiger partial charge is 0.254 e. The number of methoxy groups -OCH3 is 1. The van der Waals surface area contributed by atoms with Gasteiger partial charge in [0, 0.05) is 31.2 Å². The van der Waals surface area contributed by atoms with E-state index in [0.29, 0.717) is 37.8 Å². The molecule has 2 atom stereocenters. The summed E-state index contributed by atoms with van der Waals surface area (Å²) in [6, 6.07) is 5.07. The molecule has 0 spiro atoms. The highest BCUT2D eigenvalue weighted by molar-refractivity contribution is 7.89. The highest BCUT2D eigenvalue weighted by Crippen LogP contribution is 2.36. The number of likely N-dealkylation sites (tertiary alicyclic amines) is 1. The van der Waals surface area contributed by atoms with E-state index >= 15 is 0 Å². The van der Waals surface area contributed by atoms with Crippen LogP contribution < -0.4 is 4.74 Å². The standard InChI is InChI=1S/C21H30N2O5S/c1-27-19-9-8-17(15-20(19)29(25,26)22-11-13-28-14-12-22)21(24)23-10-4-6-16-5-2-3-7-18(16)23/h8-9,15-16,18H,2-7,10-14H2,1H3. The van der Waals surface area contributed by atoms with Crippen LogP contribution in [0.25, 0.3) is 0 Å². The number of fused-ring (bicyclic) bond motifs is 1. The zero-order valence-electron chi connectivity index (χ0n) is 17.0. The van der Waals surface area contributed by atoms with E-state index in [1.54, 1.807) is 12.1 Å². The van der Waals surface area contributed by atoms with Crippen LogP contribution in [0.5, 0.6) is 5.75 Å². The zero-order chi connectivity index (χ0) is 20.4. The van der Waals surface area contributed by atoms with Gasteiger partial charge >= 0.3 is 0 Å². The Bertz CT molecular complexity index is 849. The van der Waals surface area contributed by atoms with Gasteiger partial charge in [-0.3, -0.25) is 4.79 Å². The Labute approximate surface area is 173 Å². The SMILES string of the molecule is COc1ccc(C(=O)N2CCCC3CCCCC32)cc1S(=O)(=O)N1CCOCC1. The normalized spacial score (nSPS) is 26.0. The number of ether oxygens (including phenoxy) is 2. The molecule has 29 heavy (non-hydrogen) atoms. The average molecular weight is 423 g/mol. The summed E-state index contributed by atoms with van der Waals surface area (Å²) in [4.78, 5) is 15.4. The molecule has 1 aromatic carbocycles. The topological polar surface area (TPSA) is 76.2 Å². The third kappa shape index (κ3) is 4.02. The van der Waals surface area contributed by atoms with Crippen molar-refractivity contribution in [3.05, 3.63) is 23.8 Å². The first kappa shape index (κ1) is 20.6. The van der Waals surface area contributed by atoms with E-state index in [-0.39, 0.29) is 22.6 Å². The molecule has 1 amide bonds. The molecule has 0 aromatic heterocycles. The predicted molar refractivity (Wildman–Crippen MR) is 109 cm³/mol. The zero-order valence-corrected chi connectivity index (χ0v) is 17.8. The summed E-state index contributed by atoms with van der Waals surface area (Å²) >= 11 is 0. The van der Waals surface area contributed by atoms with Crippen molar-refractivity contribution < 1.29 is 22.7 Å². The first-order valence-corrected chi connectivity index (χ1v) is 12.0.